The summed E-state index contributed by atoms with van der Waals surface area (Å²) >= 11 is 0. The van der Waals surface area contributed by atoms with E-state index in [1.165, 1.54) is 44.5 Å². The van der Waals surface area contributed by atoms with E-state index in [2.05, 4.69) is 113 Å². The van der Waals surface area contributed by atoms with Crippen molar-refractivity contribution in [3.8, 4) is 22.6 Å². The smallest absolute Gasteiger partial charge is 0.119 e. The molecule has 1 aliphatic rings. The summed E-state index contributed by atoms with van der Waals surface area (Å²) in [5.74, 6) is 2.44. The van der Waals surface area contributed by atoms with Crippen LogP contribution in [0.1, 0.15) is 61.1 Å². The van der Waals surface area contributed by atoms with Gasteiger partial charge in [0.05, 0.1) is 18.6 Å². The number of hydrogen-bond acceptors (Lipinski definition) is 4. The van der Waals surface area contributed by atoms with Crippen molar-refractivity contribution in [3.05, 3.63) is 118 Å². The van der Waals surface area contributed by atoms with Crippen molar-refractivity contribution in [1.29, 1.82) is 0 Å². The minimum atomic E-state index is -0.535. The van der Waals surface area contributed by atoms with Crippen LogP contribution in [0.4, 0.5) is 0 Å². The first-order chi connectivity index (χ1) is 19.9. The summed E-state index contributed by atoms with van der Waals surface area (Å²) in [7, 11) is 0. The van der Waals surface area contributed by atoms with Crippen LogP contribution >= 0.6 is 0 Å². The highest BCUT2D eigenvalue weighted by Crippen LogP contribution is 2.58. The van der Waals surface area contributed by atoms with Crippen LogP contribution in [0.25, 0.3) is 11.1 Å². The van der Waals surface area contributed by atoms with Crippen molar-refractivity contribution >= 4 is 0 Å². The second-order valence-electron chi connectivity index (χ2n) is 11.8. The van der Waals surface area contributed by atoms with Gasteiger partial charge in [0.25, 0.3) is 0 Å². The molecule has 0 aliphatic heterocycles. The van der Waals surface area contributed by atoms with E-state index in [0.717, 1.165) is 24.3 Å². The summed E-state index contributed by atoms with van der Waals surface area (Å²) in [5.41, 5.74) is 9.56. The van der Waals surface area contributed by atoms with Crippen LogP contribution in [0.3, 0.4) is 0 Å². The zero-order valence-corrected chi connectivity index (χ0v) is 24.7. The Bertz CT molecular complexity index is 1370. The molecule has 0 atom stereocenters. The van der Waals surface area contributed by atoms with Gasteiger partial charge in [-0.1, -0.05) is 88.4 Å². The standard InChI is InChI=1S/C37H42O4/c1-25(2)21-27-23-29(40-19-17-38)13-15-33(27)37(34-16-14-30(41-20-18-39)24-28(34)22-26(3)4)35-11-7-5-9-31(35)32-10-6-8-12-36(32)37/h5-16,23-26,38-39H,17-22H2,1-4H3. The van der Waals surface area contributed by atoms with Gasteiger partial charge in [-0.2, -0.15) is 0 Å². The molecule has 41 heavy (non-hydrogen) atoms. The van der Waals surface area contributed by atoms with Crippen molar-refractivity contribution in [2.24, 2.45) is 11.8 Å². The number of ether oxygens (including phenoxy) is 2. The molecule has 0 amide bonds. The predicted molar refractivity (Wildman–Crippen MR) is 166 cm³/mol. The van der Waals surface area contributed by atoms with Gasteiger partial charge >= 0.3 is 0 Å². The van der Waals surface area contributed by atoms with Gasteiger partial charge < -0.3 is 19.7 Å². The molecule has 1 aliphatic carbocycles. The lowest BCUT2D eigenvalue weighted by Gasteiger charge is -2.38. The first-order valence-electron chi connectivity index (χ1n) is 14.8. The monoisotopic (exact) mass is 550 g/mol. The number of hydrogen-bond donors (Lipinski definition) is 2. The van der Waals surface area contributed by atoms with Crippen LogP contribution in [0, 0.1) is 11.8 Å². The third kappa shape index (κ3) is 5.51. The van der Waals surface area contributed by atoms with Gasteiger partial charge in [-0.3, -0.25) is 0 Å². The first kappa shape index (κ1) is 28.9. The van der Waals surface area contributed by atoms with Gasteiger partial charge in [0.2, 0.25) is 0 Å². The summed E-state index contributed by atoms with van der Waals surface area (Å²) in [4.78, 5) is 0. The quantitative estimate of drug-likeness (QED) is 0.173. The van der Waals surface area contributed by atoms with Gasteiger partial charge in [-0.05, 0) is 93.5 Å². The molecule has 214 valence electrons. The molecule has 4 nitrogen and oxygen atoms in total. The Hall–Kier alpha value is -3.60. The van der Waals surface area contributed by atoms with Gasteiger partial charge in [0.1, 0.15) is 24.7 Å². The largest absolute Gasteiger partial charge is 0.491 e. The van der Waals surface area contributed by atoms with E-state index in [4.69, 9.17) is 9.47 Å². The van der Waals surface area contributed by atoms with E-state index in [9.17, 15) is 10.2 Å². The van der Waals surface area contributed by atoms with Crippen LogP contribution in [-0.2, 0) is 18.3 Å². The number of rotatable bonds is 12. The van der Waals surface area contributed by atoms with Crippen molar-refractivity contribution < 1.29 is 19.7 Å². The first-order valence-corrected chi connectivity index (χ1v) is 14.8. The minimum absolute atomic E-state index is 0.0186. The summed E-state index contributed by atoms with van der Waals surface area (Å²) in [6.07, 6.45) is 1.80. The highest BCUT2D eigenvalue weighted by atomic mass is 16.5. The minimum Gasteiger partial charge on any atom is -0.491 e. The van der Waals surface area contributed by atoms with Gasteiger partial charge in [0.15, 0.2) is 0 Å². The average molecular weight is 551 g/mol. The molecule has 0 unspecified atom stereocenters. The molecule has 0 radical (unpaired) electrons. The fraction of sp³-hybridized carbons (Fsp3) is 0.351. The molecule has 0 saturated carbocycles. The zero-order chi connectivity index (χ0) is 29.0. The molecule has 0 fully saturated rings. The van der Waals surface area contributed by atoms with E-state index >= 15 is 0 Å². The molecule has 0 spiro atoms. The second kappa shape index (κ2) is 12.5. The van der Waals surface area contributed by atoms with Crippen LogP contribution in [0.2, 0.25) is 0 Å². The Morgan fingerprint density at radius 3 is 1.37 bits per heavy atom. The fourth-order valence-electron chi connectivity index (χ4n) is 6.56. The molecule has 0 heterocycles. The Labute approximate surface area is 244 Å². The number of aliphatic hydroxyl groups is 2. The topological polar surface area (TPSA) is 58.9 Å². The maximum Gasteiger partial charge on any atom is 0.119 e. The van der Waals surface area contributed by atoms with Crippen molar-refractivity contribution in [2.45, 2.75) is 46.0 Å². The molecular formula is C37H42O4. The summed E-state index contributed by atoms with van der Waals surface area (Å²) in [6, 6.07) is 30.6. The van der Waals surface area contributed by atoms with Crippen molar-refractivity contribution in [2.75, 3.05) is 26.4 Å². The lowest BCUT2D eigenvalue weighted by atomic mass is 9.64. The van der Waals surface area contributed by atoms with E-state index < -0.39 is 5.41 Å². The summed E-state index contributed by atoms with van der Waals surface area (Å²) in [5, 5.41) is 18.8. The highest BCUT2D eigenvalue weighted by molar-refractivity contribution is 5.87. The Kier molecular flexibility index (Phi) is 8.82. The zero-order valence-electron chi connectivity index (χ0n) is 24.7. The molecule has 4 aromatic rings. The predicted octanol–water partition coefficient (Wildman–Crippen LogP) is 7.19. The van der Waals surface area contributed by atoms with E-state index in [-0.39, 0.29) is 26.4 Å². The lowest BCUT2D eigenvalue weighted by molar-refractivity contribution is 0.201. The van der Waals surface area contributed by atoms with Crippen LogP contribution in [-0.4, -0.2) is 36.6 Å². The van der Waals surface area contributed by atoms with Crippen molar-refractivity contribution in [3.63, 3.8) is 0 Å². The SMILES string of the molecule is CC(C)Cc1cc(OCCO)ccc1C1(c2ccc(OCCO)cc2CC(C)C)c2ccccc2-c2ccccc21. The van der Waals surface area contributed by atoms with E-state index in [1.54, 1.807) is 0 Å². The van der Waals surface area contributed by atoms with Crippen molar-refractivity contribution in [1.82, 2.24) is 0 Å². The molecule has 0 bridgehead atoms. The van der Waals surface area contributed by atoms with Gasteiger partial charge in [-0.15, -0.1) is 0 Å². The Morgan fingerprint density at radius 1 is 0.561 bits per heavy atom. The lowest BCUT2D eigenvalue weighted by Crippen LogP contribution is -2.32. The average Bonchev–Trinajstić information content (AvgIpc) is 3.25. The maximum atomic E-state index is 9.41. The molecule has 0 aromatic heterocycles. The second-order valence-corrected chi connectivity index (χ2v) is 11.8. The van der Waals surface area contributed by atoms with Gasteiger partial charge in [0, 0.05) is 0 Å². The maximum absolute atomic E-state index is 9.41. The molecule has 4 aromatic carbocycles. The van der Waals surface area contributed by atoms with Gasteiger partial charge in [-0.25, -0.2) is 0 Å². The third-order valence-corrected chi connectivity index (χ3v) is 7.89. The summed E-state index contributed by atoms with van der Waals surface area (Å²) < 4.78 is 11.8. The number of benzene rings is 4. The van der Waals surface area contributed by atoms with Crippen LogP contribution in [0.15, 0.2) is 84.9 Å². The fourth-order valence-corrected chi connectivity index (χ4v) is 6.56. The highest BCUT2D eigenvalue weighted by Gasteiger charge is 2.48. The summed E-state index contributed by atoms with van der Waals surface area (Å²) in [6.45, 7) is 9.52. The number of fused-ring (bicyclic) bond motifs is 3. The molecule has 5 rings (SSSR count). The van der Waals surface area contributed by atoms with Crippen LogP contribution in [0.5, 0.6) is 11.5 Å². The third-order valence-electron chi connectivity index (χ3n) is 7.89. The van der Waals surface area contributed by atoms with E-state index in [0.29, 0.717) is 11.8 Å². The van der Waals surface area contributed by atoms with E-state index in [1.807, 2.05) is 0 Å². The molecule has 4 heteroatoms. The molecule has 0 saturated heterocycles. The normalized spacial score (nSPS) is 13.4. The molecular weight excluding hydrogens is 508 g/mol. The number of aliphatic hydroxyl groups excluding tert-OH is 2. The van der Waals surface area contributed by atoms with Crippen LogP contribution < -0.4 is 9.47 Å². The molecule has 2 N–H and O–H groups in total. The Morgan fingerprint density at radius 2 is 0.976 bits per heavy atom. The Balaban J connectivity index is 1.88.